The zero-order valence-electron chi connectivity index (χ0n) is 20.6. The molecule has 200 valence electrons. The van der Waals surface area contributed by atoms with E-state index >= 15 is 0 Å². The minimum atomic E-state index is -1.01. The van der Waals surface area contributed by atoms with E-state index in [0.717, 1.165) is 18.3 Å². The molecule has 0 aromatic heterocycles. The van der Waals surface area contributed by atoms with Gasteiger partial charge in [0.2, 0.25) is 0 Å². The normalized spacial score (nSPS) is 15.2. The average molecular weight is 768 g/mol. The number of nitrogens with zero attached hydrogens (tertiary/aromatic N) is 2. The molecule has 0 aliphatic carbocycles. The van der Waals surface area contributed by atoms with E-state index in [0.29, 0.717) is 21.5 Å². The molecule has 1 saturated heterocycles. The minimum absolute atomic E-state index is 0.179. The Morgan fingerprint density at radius 3 is 2.33 bits per heavy atom. The maximum absolute atomic E-state index is 13.5. The van der Waals surface area contributed by atoms with Crippen LogP contribution in [0.3, 0.4) is 0 Å². The molecule has 1 fully saturated rings. The average Bonchev–Trinajstić information content (AvgIpc) is 3.18. The van der Waals surface area contributed by atoms with Crippen molar-refractivity contribution in [2.24, 2.45) is 4.99 Å². The summed E-state index contributed by atoms with van der Waals surface area (Å²) in [6, 6.07) is 19.6. The number of carbonyl (C=O) groups is 3. The predicted octanol–water partition coefficient (Wildman–Crippen LogP) is 6.34. The topological polar surface area (TPSA) is 106 Å². The van der Waals surface area contributed by atoms with Crippen molar-refractivity contribution in [1.29, 1.82) is 0 Å². The van der Waals surface area contributed by atoms with Crippen molar-refractivity contribution in [2.45, 2.75) is 13.5 Å². The monoisotopic (exact) mass is 768 g/mol. The molecule has 39 heavy (non-hydrogen) atoms. The van der Waals surface area contributed by atoms with Gasteiger partial charge in [-0.05, 0) is 117 Å². The molecule has 0 bridgehead atoms. The van der Waals surface area contributed by atoms with Gasteiger partial charge in [-0.2, -0.15) is 0 Å². The van der Waals surface area contributed by atoms with Gasteiger partial charge in [0.15, 0.2) is 11.8 Å². The number of amides is 1. The third kappa shape index (κ3) is 7.60. The summed E-state index contributed by atoms with van der Waals surface area (Å²) in [5.41, 5.74) is 2.48. The number of carboxylic acid groups (broad SMARTS) is 1. The zero-order valence-corrected chi connectivity index (χ0v) is 25.7. The van der Waals surface area contributed by atoms with Gasteiger partial charge >= 0.3 is 11.9 Å². The minimum Gasteiger partial charge on any atom is -0.480 e. The Bertz CT molecular complexity index is 1440. The second kappa shape index (κ2) is 13.4. The SMILES string of the molecule is CCOC(=O)COc1c(I)cc(/C=C2\SC(=Nc3ccccc3)N(Cc3ccc(C(=O)O)cc3)C2=O)cc1I. The Balaban J connectivity index is 1.62. The number of esters is 1. The van der Waals surface area contributed by atoms with Crippen LogP contribution in [0.25, 0.3) is 6.08 Å². The number of carbonyl (C=O) groups excluding carboxylic acids is 2. The van der Waals surface area contributed by atoms with Gasteiger partial charge in [-0.1, -0.05) is 30.3 Å². The number of hydrogen-bond acceptors (Lipinski definition) is 7. The van der Waals surface area contributed by atoms with Crippen LogP contribution in [0.15, 0.2) is 76.6 Å². The standard InChI is InChI=1S/C28H22I2N2O6S/c1-2-37-24(33)16-38-25-21(29)12-18(13-22(25)30)14-23-26(34)32(15-17-8-10-19(11-9-17)27(35)36)28(39-23)31-20-6-4-3-5-7-20/h3-14H,2,15-16H2,1H3,(H,35,36)/b23-14-,31-28?. The summed E-state index contributed by atoms with van der Waals surface area (Å²) in [6.07, 6.45) is 1.81. The van der Waals surface area contributed by atoms with Crippen LogP contribution in [0.5, 0.6) is 5.75 Å². The first-order valence-electron chi connectivity index (χ1n) is 11.7. The van der Waals surface area contributed by atoms with E-state index in [9.17, 15) is 19.5 Å². The fourth-order valence-corrected chi connectivity index (χ4v) is 6.69. The lowest BCUT2D eigenvalue weighted by Gasteiger charge is -2.16. The van der Waals surface area contributed by atoms with Crippen molar-refractivity contribution in [2.75, 3.05) is 13.2 Å². The van der Waals surface area contributed by atoms with Crippen LogP contribution < -0.4 is 4.74 Å². The molecular weight excluding hydrogens is 746 g/mol. The Hall–Kier alpha value is -2.91. The number of ether oxygens (including phenoxy) is 2. The van der Waals surface area contributed by atoms with E-state index in [4.69, 9.17) is 14.5 Å². The van der Waals surface area contributed by atoms with Gasteiger partial charge in [0, 0.05) is 0 Å². The lowest BCUT2D eigenvalue weighted by molar-refractivity contribution is -0.145. The molecule has 1 amide bonds. The Morgan fingerprint density at radius 1 is 1.05 bits per heavy atom. The second-order valence-corrected chi connectivity index (χ2v) is 11.5. The zero-order chi connectivity index (χ0) is 27.9. The van der Waals surface area contributed by atoms with Crippen LogP contribution in [0.4, 0.5) is 5.69 Å². The number of hydrogen-bond donors (Lipinski definition) is 1. The third-order valence-corrected chi connectivity index (χ3v) is 7.98. The fourth-order valence-electron chi connectivity index (χ4n) is 3.56. The molecule has 8 nitrogen and oxygen atoms in total. The predicted molar refractivity (Wildman–Crippen MR) is 167 cm³/mol. The van der Waals surface area contributed by atoms with E-state index in [-0.39, 0.29) is 31.2 Å². The first kappa shape index (κ1) is 29.1. The van der Waals surface area contributed by atoms with Gasteiger partial charge in [0.05, 0.1) is 36.4 Å². The van der Waals surface area contributed by atoms with Crippen molar-refractivity contribution in [3.63, 3.8) is 0 Å². The van der Waals surface area contributed by atoms with Crippen molar-refractivity contribution in [1.82, 2.24) is 4.90 Å². The van der Waals surface area contributed by atoms with Crippen LogP contribution in [-0.4, -0.2) is 46.2 Å². The number of rotatable bonds is 9. The Morgan fingerprint density at radius 2 is 1.72 bits per heavy atom. The number of aromatic carboxylic acids is 1. The van der Waals surface area contributed by atoms with E-state index in [1.807, 2.05) is 42.5 Å². The first-order valence-corrected chi connectivity index (χ1v) is 14.7. The molecular formula is C28H22I2N2O6S. The van der Waals surface area contributed by atoms with Gasteiger partial charge in [-0.3, -0.25) is 9.69 Å². The molecule has 1 aliphatic rings. The molecule has 0 radical (unpaired) electrons. The Kier molecular flexibility index (Phi) is 10.0. The van der Waals surface area contributed by atoms with Crippen molar-refractivity contribution in [3.05, 3.63) is 95.5 Å². The highest BCUT2D eigenvalue weighted by Crippen LogP contribution is 2.37. The van der Waals surface area contributed by atoms with E-state index in [2.05, 4.69) is 45.2 Å². The highest BCUT2D eigenvalue weighted by molar-refractivity contribution is 14.1. The number of thioether (sulfide) groups is 1. The van der Waals surface area contributed by atoms with Crippen molar-refractivity contribution in [3.8, 4) is 5.75 Å². The molecule has 1 N–H and O–H groups in total. The van der Waals surface area contributed by atoms with Gasteiger partial charge in [-0.25, -0.2) is 14.6 Å². The summed E-state index contributed by atoms with van der Waals surface area (Å²) in [5.74, 6) is -1.07. The molecule has 0 saturated carbocycles. The molecule has 3 aromatic carbocycles. The quantitative estimate of drug-likeness (QED) is 0.154. The molecule has 1 aliphatic heterocycles. The highest BCUT2D eigenvalue weighted by atomic mass is 127. The number of carboxylic acids is 1. The maximum Gasteiger partial charge on any atom is 0.344 e. The molecule has 1 heterocycles. The first-order chi connectivity index (χ1) is 18.7. The van der Waals surface area contributed by atoms with Crippen LogP contribution in [0, 0.1) is 7.14 Å². The highest BCUT2D eigenvalue weighted by Gasteiger charge is 2.33. The summed E-state index contributed by atoms with van der Waals surface area (Å²) in [6.45, 7) is 2.08. The summed E-state index contributed by atoms with van der Waals surface area (Å²) in [7, 11) is 0. The molecule has 4 rings (SSSR count). The van der Waals surface area contributed by atoms with Crippen LogP contribution in [-0.2, 0) is 20.9 Å². The van der Waals surface area contributed by atoms with Gasteiger partial charge < -0.3 is 14.6 Å². The number of amidine groups is 1. The smallest absolute Gasteiger partial charge is 0.344 e. The Labute approximate surface area is 256 Å². The second-order valence-electron chi connectivity index (χ2n) is 8.14. The summed E-state index contributed by atoms with van der Waals surface area (Å²) < 4.78 is 12.2. The summed E-state index contributed by atoms with van der Waals surface area (Å²) >= 11 is 5.55. The van der Waals surface area contributed by atoms with Gasteiger partial charge in [0.1, 0.15) is 5.75 Å². The van der Waals surface area contributed by atoms with Crippen LogP contribution in [0.2, 0.25) is 0 Å². The van der Waals surface area contributed by atoms with E-state index < -0.39 is 11.9 Å². The van der Waals surface area contributed by atoms with Crippen LogP contribution in [0.1, 0.15) is 28.4 Å². The third-order valence-electron chi connectivity index (χ3n) is 5.37. The van der Waals surface area contributed by atoms with E-state index in [1.165, 1.54) is 23.9 Å². The largest absolute Gasteiger partial charge is 0.480 e. The van der Waals surface area contributed by atoms with Crippen molar-refractivity contribution >= 4 is 91.7 Å². The molecule has 0 unspecified atom stereocenters. The fraction of sp³-hybridized carbons (Fsp3) is 0.143. The molecule has 3 aromatic rings. The molecule has 0 atom stereocenters. The van der Waals surface area contributed by atoms with Gasteiger partial charge in [0.25, 0.3) is 5.91 Å². The summed E-state index contributed by atoms with van der Waals surface area (Å²) in [5, 5.41) is 9.72. The summed E-state index contributed by atoms with van der Waals surface area (Å²) in [4.78, 5) is 43.3. The maximum atomic E-state index is 13.5. The number of halogens is 2. The number of aliphatic imine (C=N–C) groups is 1. The molecule has 0 spiro atoms. The lowest BCUT2D eigenvalue weighted by Crippen LogP contribution is -2.28. The van der Waals surface area contributed by atoms with Crippen LogP contribution >= 0.6 is 56.9 Å². The number of para-hydroxylation sites is 1. The number of benzene rings is 3. The molecule has 11 heteroatoms. The van der Waals surface area contributed by atoms with E-state index in [1.54, 1.807) is 30.0 Å². The van der Waals surface area contributed by atoms with Gasteiger partial charge in [-0.15, -0.1) is 0 Å². The van der Waals surface area contributed by atoms with Crippen molar-refractivity contribution < 1.29 is 29.0 Å². The lowest BCUT2D eigenvalue weighted by atomic mass is 10.1.